The summed E-state index contributed by atoms with van der Waals surface area (Å²) in [7, 11) is 1.75. The first-order chi connectivity index (χ1) is 12.1. The van der Waals surface area contributed by atoms with E-state index in [9.17, 15) is 9.59 Å². The zero-order chi connectivity index (χ0) is 17.8. The number of ether oxygens (including phenoxy) is 1. The number of anilines is 2. The maximum atomic E-state index is 12.6. The summed E-state index contributed by atoms with van der Waals surface area (Å²) in [6.45, 7) is 2.42. The lowest BCUT2D eigenvalue weighted by Gasteiger charge is -2.17. The Kier molecular flexibility index (Phi) is 5.03. The van der Waals surface area contributed by atoms with Crippen molar-refractivity contribution in [1.82, 2.24) is 0 Å². The summed E-state index contributed by atoms with van der Waals surface area (Å²) in [6, 6.07) is 16.8. The second-order valence-corrected chi connectivity index (χ2v) is 6.10. The monoisotopic (exact) mass is 338 g/mol. The number of para-hydroxylation sites is 3. The molecule has 0 heterocycles. The zero-order valence-electron chi connectivity index (χ0n) is 14.4. The molecule has 1 fully saturated rings. The number of hydrogen-bond acceptors (Lipinski definition) is 3. The van der Waals surface area contributed by atoms with E-state index in [1.165, 1.54) is 0 Å². The van der Waals surface area contributed by atoms with E-state index in [-0.39, 0.29) is 23.7 Å². The van der Waals surface area contributed by atoms with E-state index in [1.807, 2.05) is 55.5 Å². The van der Waals surface area contributed by atoms with Crippen molar-refractivity contribution >= 4 is 23.2 Å². The van der Waals surface area contributed by atoms with Crippen LogP contribution in [0.1, 0.15) is 13.3 Å². The Morgan fingerprint density at radius 1 is 1.08 bits per heavy atom. The van der Waals surface area contributed by atoms with E-state index >= 15 is 0 Å². The van der Waals surface area contributed by atoms with E-state index in [1.54, 1.807) is 18.0 Å². The highest BCUT2D eigenvalue weighted by Gasteiger charge is 2.49. The summed E-state index contributed by atoms with van der Waals surface area (Å²) >= 11 is 0. The predicted molar refractivity (Wildman–Crippen MR) is 97.7 cm³/mol. The first-order valence-electron chi connectivity index (χ1n) is 8.47. The van der Waals surface area contributed by atoms with Crippen LogP contribution in [0.25, 0.3) is 0 Å². The van der Waals surface area contributed by atoms with Crippen LogP contribution in [0.4, 0.5) is 11.4 Å². The van der Waals surface area contributed by atoms with E-state index < -0.39 is 0 Å². The number of amides is 2. The van der Waals surface area contributed by atoms with Gasteiger partial charge in [-0.25, -0.2) is 0 Å². The van der Waals surface area contributed by atoms with Gasteiger partial charge in [-0.15, -0.1) is 0 Å². The quantitative estimate of drug-likeness (QED) is 0.879. The number of carbonyl (C=O) groups excluding carboxylic acids is 2. The van der Waals surface area contributed by atoms with Gasteiger partial charge in [-0.2, -0.15) is 0 Å². The highest BCUT2D eigenvalue weighted by atomic mass is 16.5. The van der Waals surface area contributed by atoms with E-state index in [4.69, 9.17) is 4.74 Å². The van der Waals surface area contributed by atoms with Crippen LogP contribution in [0, 0.1) is 11.8 Å². The second kappa shape index (κ2) is 7.38. The molecule has 2 amide bonds. The van der Waals surface area contributed by atoms with Crippen molar-refractivity contribution in [2.24, 2.45) is 11.8 Å². The molecule has 0 bridgehead atoms. The summed E-state index contributed by atoms with van der Waals surface area (Å²) in [5, 5.41) is 2.89. The molecule has 2 unspecified atom stereocenters. The maximum Gasteiger partial charge on any atom is 0.230 e. The predicted octanol–water partition coefficient (Wildman–Crippen LogP) is 3.32. The van der Waals surface area contributed by atoms with Gasteiger partial charge in [0.05, 0.1) is 24.1 Å². The van der Waals surface area contributed by atoms with Crippen molar-refractivity contribution < 1.29 is 14.3 Å². The minimum Gasteiger partial charge on any atom is -0.492 e. The van der Waals surface area contributed by atoms with Gasteiger partial charge in [0.25, 0.3) is 0 Å². The molecule has 0 aromatic heterocycles. The highest BCUT2D eigenvalue weighted by molar-refractivity contribution is 6.04. The number of nitrogens with one attached hydrogen (secondary N) is 1. The lowest BCUT2D eigenvalue weighted by atomic mass is 10.2. The molecule has 0 aliphatic heterocycles. The van der Waals surface area contributed by atoms with Crippen LogP contribution in [0.5, 0.6) is 5.75 Å². The third-order valence-corrected chi connectivity index (χ3v) is 4.36. The standard InChI is InChI=1S/C20H22N2O3/c1-3-25-18-12-8-7-11-17(18)21-19(23)15-13-16(15)20(24)22(2)14-9-5-4-6-10-14/h4-12,15-16H,3,13H2,1-2H3,(H,21,23). The molecule has 5 heteroatoms. The largest absolute Gasteiger partial charge is 0.492 e. The van der Waals surface area contributed by atoms with Gasteiger partial charge in [0.2, 0.25) is 11.8 Å². The van der Waals surface area contributed by atoms with Crippen LogP contribution < -0.4 is 15.0 Å². The van der Waals surface area contributed by atoms with Crippen LogP contribution in [0.3, 0.4) is 0 Å². The Bertz CT molecular complexity index is 761. The molecule has 1 N–H and O–H groups in total. The minimum absolute atomic E-state index is 0.0237. The van der Waals surface area contributed by atoms with Gasteiger partial charge in [-0.3, -0.25) is 9.59 Å². The van der Waals surface area contributed by atoms with Gasteiger partial charge in [0, 0.05) is 12.7 Å². The molecule has 3 rings (SSSR count). The molecule has 1 aliphatic rings. The van der Waals surface area contributed by atoms with E-state index in [0.29, 0.717) is 24.5 Å². The van der Waals surface area contributed by atoms with Crippen LogP contribution in [-0.2, 0) is 9.59 Å². The molecule has 25 heavy (non-hydrogen) atoms. The van der Waals surface area contributed by atoms with E-state index in [2.05, 4.69) is 5.32 Å². The number of hydrogen-bond donors (Lipinski definition) is 1. The van der Waals surface area contributed by atoms with Crippen LogP contribution >= 0.6 is 0 Å². The molecular formula is C20H22N2O3. The number of carbonyl (C=O) groups is 2. The summed E-state index contributed by atoms with van der Waals surface area (Å²) in [5.41, 5.74) is 1.48. The van der Waals surface area contributed by atoms with Crippen molar-refractivity contribution in [2.45, 2.75) is 13.3 Å². The van der Waals surface area contributed by atoms with Crippen LogP contribution in [-0.4, -0.2) is 25.5 Å². The average Bonchev–Trinajstić information content (AvgIpc) is 3.44. The van der Waals surface area contributed by atoms with Crippen molar-refractivity contribution in [3.63, 3.8) is 0 Å². The Morgan fingerprint density at radius 2 is 1.76 bits per heavy atom. The molecule has 2 aromatic carbocycles. The highest BCUT2D eigenvalue weighted by Crippen LogP contribution is 2.41. The zero-order valence-corrected chi connectivity index (χ0v) is 14.4. The fourth-order valence-corrected chi connectivity index (χ4v) is 2.86. The number of benzene rings is 2. The summed E-state index contributed by atoms with van der Waals surface area (Å²) < 4.78 is 5.52. The van der Waals surface area contributed by atoms with Gasteiger partial charge < -0.3 is 15.0 Å². The normalized spacial score (nSPS) is 18.3. The molecule has 130 valence electrons. The molecule has 0 saturated heterocycles. The molecule has 0 spiro atoms. The molecule has 0 radical (unpaired) electrons. The number of rotatable bonds is 6. The molecule has 5 nitrogen and oxygen atoms in total. The third-order valence-electron chi connectivity index (χ3n) is 4.36. The molecule has 1 saturated carbocycles. The molecular weight excluding hydrogens is 316 g/mol. The molecule has 1 aliphatic carbocycles. The number of nitrogens with zero attached hydrogens (tertiary/aromatic N) is 1. The molecule has 2 aromatic rings. The lowest BCUT2D eigenvalue weighted by Crippen LogP contribution is -2.29. The fourth-order valence-electron chi connectivity index (χ4n) is 2.86. The van der Waals surface area contributed by atoms with Gasteiger partial charge in [-0.05, 0) is 37.6 Å². The summed E-state index contributed by atoms with van der Waals surface area (Å²) in [4.78, 5) is 26.6. The average molecular weight is 338 g/mol. The van der Waals surface area contributed by atoms with E-state index in [0.717, 1.165) is 5.69 Å². The molecule has 2 atom stereocenters. The SMILES string of the molecule is CCOc1ccccc1NC(=O)C1CC1C(=O)N(C)c1ccccc1. The fraction of sp³-hybridized carbons (Fsp3) is 0.300. The minimum atomic E-state index is -0.284. The van der Waals surface area contributed by atoms with Gasteiger partial charge >= 0.3 is 0 Å². The van der Waals surface area contributed by atoms with Crippen molar-refractivity contribution in [2.75, 3.05) is 23.9 Å². The first-order valence-corrected chi connectivity index (χ1v) is 8.47. The third kappa shape index (κ3) is 3.82. The Morgan fingerprint density at radius 3 is 2.48 bits per heavy atom. The first kappa shape index (κ1) is 17.0. The van der Waals surface area contributed by atoms with Crippen LogP contribution in [0.2, 0.25) is 0 Å². The summed E-state index contributed by atoms with van der Waals surface area (Å²) in [5.74, 6) is -0.0579. The van der Waals surface area contributed by atoms with Crippen molar-refractivity contribution in [3.05, 3.63) is 54.6 Å². The van der Waals surface area contributed by atoms with Gasteiger partial charge in [0.1, 0.15) is 5.75 Å². The lowest BCUT2D eigenvalue weighted by molar-refractivity contribution is -0.123. The van der Waals surface area contributed by atoms with Gasteiger partial charge in [-0.1, -0.05) is 30.3 Å². The van der Waals surface area contributed by atoms with Crippen molar-refractivity contribution in [3.8, 4) is 5.75 Å². The van der Waals surface area contributed by atoms with Gasteiger partial charge in [0.15, 0.2) is 0 Å². The Labute approximate surface area is 147 Å². The Hall–Kier alpha value is -2.82. The van der Waals surface area contributed by atoms with Crippen molar-refractivity contribution in [1.29, 1.82) is 0 Å². The summed E-state index contributed by atoms with van der Waals surface area (Å²) in [6.07, 6.45) is 0.582. The maximum absolute atomic E-state index is 12.6. The Balaban J connectivity index is 1.62. The second-order valence-electron chi connectivity index (χ2n) is 6.10. The topological polar surface area (TPSA) is 58.6 Å². The smallest absolute Gasteiger partial charge is 0.230 e. The van der Waals surface area contributed by atoms with Crippen LogP contribution in [0.15, 0.2) is 54.6 Å².